The van der Waals surface area contributed by atoms with Gasteiger partial charge in [-0.15, -0.1) is 0 Å². The second kappa shape index (κ2) is 9.21. The second-order valence-electron chi connectivity index (χ2n) is 12.5. The Morgan fingerprint density at radius 3 is 1.84 bits per heavy atom. The summed E-state index contributed by atoms with van der Waals surface area (Å²) < 4.78 is 15.2. The Hall–Kier alpha value is -4.58. The molecule has 0 amide bonds. The van der Waals surface area contributed by atoms with Crippen LogP contribution in [-0.2, 0) is 4.65 Å². The lowest BCUT2D eigenvalue weighted by molar-refractivity contribution is -0.0893. The van der Waals surface area contributed by atoms with Crippen molar-refractivity contribution in [3.05, 3.63) is 109 Å². The highest BCUT2D eigenvalue weighted by atomic mass is 16.5. The molecule has 5 heteroatoms. The minimum atomic E-state index is -1.02. The average Bonchev–Trinajstić information content (AvgIpc) is 3.56. The van der Waals surface area contributed by atoms with Gasteiger partial charge in [-0.2, -0.15) is 0 Å². The van der Waals surface area contributed by atoms with Crippen LogP contribution in [0.15, 0.2) is 114 Å². The lowest BCUT2D eigenvalue weighted by atomic mass is 9.80. The summed E-state index contributed by atoms with van der Waals surface area (Å²) in [5, 5.41) is 20.1. The molecular formula is C38H31BNO3. The molecule has 0 fully saturated rings. The van der Waals surface area contributed by atoms with Crippen molar-refractivity contribution >= 4 is 78.2 Å². The molecule has 1 N–H and O–H groups in total. The van der Waals surface area contributed by atoms with Gasteiger partial charge < -0.3 is 18.7 Å². The number of furan rings is 1. The zero-order valence-corrected chi connectivity index (χ0v) is 24.7. The zero-order chi connectivity index (χ0) is 29.5. The molecule has 0 spiro atoms. The van der Waals surface area contributed by atoms with E-state index in [4.69, 9.17) is 9.07 Å². The third-order valence-corrected chi connectivity index (χ3v) is 9.27. The van der Waals surface area contributed by atoms with Crippen LogP contribution < -0.4 is 5.46 Å². The first-order valence-electron chi connectivity index (χ1n) is 14.7. The van der Waals surface area contributed by atoms with E-state index >= 15 is 0 Å². The van der Waals surface area contributed by atoms with Gasteiger partial charge in [0.15, 0.2) is 5.58 Å². The van der Waals surface area contributed by atoms with E-state index < -0.39 is 11.2 Å². The van der Waals surface area contributed by atoms with Crippen LogP contribution in [0.25, 0.3) is 71.0 Å². The van der Waals surface area contributed by atoms with E-state index in [9.17, 15) is 5.11 Å². The van der Waals surface area contributed by atoms with Crippen molar-refractivity contribution in [1.29, 1.82) is 0 Å². The van der Waals surface area contributed by atoms with Gasteiger partial charge in [0.2, 0.25) is 0 Å². The fourth-order valence-corrected chi connectivity index (χ4v) is 6.30. The molecule has 209 valence electrons. The van der Waals surface area contributed by atoms with E-state index in [-0.39, 0.29) is 0 Å². The van der Waals surface area contributed by atoms with Crippen LogP contribution in [0.1, 0.15) is 27.7 Å². The Morgan fingerprint density at radius 2 is 1.21 bits per heavy atom. The fourth-order valence-electron chi connectivity index (χ4n) is 6.30. The Balaban J connectivity index is 1.43. The summed E-state index contributed by atoms with van der Waals surface area (Å²) in [6.45, 7) is 7.31. The molecule has 43 heavy (non-hydrogen) atoms. The van der Waals surface area contributed by atoms with Crippen molar-refractivity contribution in [2.24, 2.45) is 0 Å². The lowest BCUT2D eigenvalue weighted by Gasteiger charge is -2.37. The molecule has 0 saturated heterocycles. The summed E-state index contributed by atoms with van der Waals surface area (Å²) in [5.41, 5.74) is 3.98. The first-order chi connectivity index (χ1) is 20.7. The number of benzene rings is 6. The highest BCUT2D eigenvalue weighted by Gasteiger charge is 2.36. The first kappa shape index (κ1) is 26.1. The van der Waals surface area contributed by atoms with Gasteiger partial charge in [-0.25, -0.2) is 0 Å². The molecule has 0 saturated carbocycles. The average molecular weight is 560 g/mol. The molecule has 2 heterocycles. The van der Waals surface area contributed by atoms with Gasteiger partial charge >= 0.3 is 7.48 Å². The van der Waals surface area contributed by atoms with Gasteiger partial charge in [0.05, 0.1) is 27.9 Å². The van der Waals surface area contributed by atoms with Crippen molar-refractivity contribution in [2.45, 2.75) is 38.9 Å². The molecule has 8 aromatic rings. The van der Waals surface area contributed by atoms with Crippen LogP contribution in [0, 0.1) is 0 Å². The Bertz CT molecular complexity index is 2280. The summed E-state index contributed by atoms with van der Waals surface area (Å²) in [5.74, 6) is 0. The monoisotopic (exact) mass is 560 g/mol. The van der Waals surface area contributed by atoms with E-state index in [0.717, 1.165) is 44.1 Å². The van der Waals surface area contributed by atoms with Crippen LogP contribution in [-0.4, -0.2) is 28.4 Å². The van der Waals surface area contributed by atoms with E-state index in [1.54, 1.807) is 21.3 Å². The standard InChI is InChI=1S/C38H31BNO3/c1-37(2,41)38(3,4)43-39-28-16-10-18-32-33(28)27-15-9-17-31(36(27)42-32)40-29-21-19-23-11-5-7-13-25(23)34(29)35-26-14-8-6-12-24(26)20-22-30(35)40/h5-22,41H,1-4H3. The number of rotatable bonds is 5. The maximum Gasteiger partial charge on any atom is 0.331 e. The maximum absolute atomic E-state index is 10.6. The molecule has 4 nitrogen and oxygen atoms in total. The summed E-state index contributed by atoms with van der Waals surface area (Å²) in [4.78, 5) is 0. The summed E-state index contributed by atoms with van der Waals surface area (Å²) >= 11 is 0. The number of hydrogen-bond donors (Lipinski definition) is 1. The van der Waals surface area contributed by atoms with Gasteiger partial charge in [-0.3, -0.25) is 0 Å². The van der Waals surface area contributed by atoms with E-state index in [1.807, 2.05) is 32.0 Å². The van der Waals surface area contributed by atoms with Gasteiger partial charge in [0.25, 0.3) is 0 Å². The molecular weight excluding hydrogens is 529 g/mol. The minimum absolute atomic E-state index is 0.783. The van der Waals surface area contributed by atoms with Gasteiger partial charge in [0, 0.05) is 21.5 Å². The zero-order valence-electron chi connectivity index (χ0n) is 24.7. The van der Waals surface area contributed by atoms with Crippen LogP contribution in [0.5, 0.6) is 0 Å². The number of nitrogens with zero attached hydrogens (tertiary/aromatic N) is 1. The summed E-state index contributed by atoms with van der Waals surface area (Å²) in [6.07, 6.45) is 0. The predicted octanol–water partition coefficient (Wildman–Crippen LogP) is 8.80. The van der Waals surface area contributed by atoms with Crippen molar-refractivity contribution in [3.63, 3.8) is 0 Å². The number of aromatic nitrogens is 1. The third kappa shape index (κ3) is 3.85. The van der Waals surface area contributed by atoms with Crippen LogP contribution in [0.3, 0.4) is 0 Å². The number of hydrogen-bond acceptors (Lipinski definition) is 3. The van der Waals surface area contributed by atoms with E-state index in [0.29, 0.717) is 0 Å². The quantitative estimate of drug-likeness (QED) is 0.214. The number of para-hydroxylation sites is 1. The Labute approximate surface area is 250 Å². The van der Waals surface area contributed by atoms with E-state index in [1.165, 1.54) is 32.3 Å². The van der Waals surface area contributed by atoms with Gasteiger partial charge in [-0.05, 0) is 79.0 Å². The van der Waals surface area contributed by atoms with E-state index in [2.05, 4.69) is 95.6 Å². The third-order valence-electron chi connectivity index (χ3n) is 9.27. The van der Waals surface area contributed by atoms with Crippen LogP contribution in [0.2, 0.25) is 0 Å². The van der Waals surface area contributed by atoms with Crippen molar-refractivity contribution in [1.82, 2.24) is 4.57 Å². The normalized spacial score (nSPS) is 12.9. The lowest BCUT2D eigenvalue weighted by Crippen LogP contribution is -2.49. The van der Waals surface area contributed by atoms with Crippen molar-refractivity contribution in [3.8, 4) is 5.69 Å². The molecule has 1 radical (unpaired) electrons. The molecule has 0 bridgehead atoms. The molecule has 0 unspecified atom stereocenters. The highest BCUT2D eigenvalue weighted by Crippen LogP contribution is 2.42. The molecule has 0 aliphatic heterocycles. The largest absolute Gasteiger partial charge is 0.454 e. The minimum Gasteiger partial charge on any atom is -0.454 e. The summed E-state index contributed by atoms with van der Waals surface area (Å²) in [6, 6.07) is 38.5. The summed E-state index contributed by atoms with van der Waals surface area (Å²) in [7, 11) is 1.75. The molecule has 0 atom stereocenters. The fraction of sp³-hybridized carbons (Fsp3) is 0.158. The van der Waals surface area contributed by atoms with Crippen LogP contribution in [0.4, 0.5) is 0 Å². The van der Waals surface area contributed by atoms with Crippen molar-refractivity contribution in [2.75, 3.05) is 0 Å². The molecule has 0 aliphatic carbocycles. The van der Waals surface area contributed by atoms with Crippen LogP contribution >= 0.6 is 0 Å². The van der Waals surface area contributed by atoms with Gasteiger partial charge in [-0.1, -0.05) is 84.9 Å². The number of fused-ring (bicyclic) bond motifs is 10. The molecule has 6 aromatic carbocycles. The van der Waals surface area contributed by atoms with Crippen molar-refractivity contribution < 1.29 is 14.2 Å². The SMILES string of the molecule is CC(C)(O)C(C)(C)O[B]c1cccc2oc3c(-n4c5ccc6ccccc6c5c5c6ccccc6ccc54)cccc3c12. The highest BCUT2D eigenvalue weighted by molar-refractivity contribution is 6.53. The predicted molar refractivity (Wildman–Crippen MR) is 180 cm³/mol. The first-order valence-corrected chi connectivity index (χ1v) is 14.7. The second-order valence-corrected chi connectivity index (χ2v) is 12.5. The smallest absolute Gasteiger partial charge is 0.331 e. The van der Waals surface area contributed by atoms with Gasteiger partial charge in [0.1, 0.15) is 5.58 Å². The Kier molecular flexibility index (Phi) is 5.59. The maximum atomic E-state index is 10.6. The molecule has 8 rings (SSSR count). The molecule has 0 aliphatic rings. The topological polar surface area (TPSA) is 47.5 Å². The number of aliphatic hydroxyl groups is 1. The molecule has 2 aromatic heterocycles. The Morgan fingerprint density at radius 1 is 0.628 bits per heavy atom.